The van der Waals surface area contributed by atoms with Gasteiger partial charge in [-0.15, -0.1) is 0 Å². The third-order valence-electron chi connectivity index (χ3n) is 3.81. The van der Waals surface area contributed by atoms with Gasteiger partial charge in [0.25, 0.3) is 11.1 Å². The summed E-state index contributed by atoms with van der Waals surface area (Å²) in [5, 5.41) is 2.92. The van der Waals surface area contributed by atoms with E-state index in [0.29, 0.717) is 27.0 Å². The monoisotopic (exact) mass is 436 g/mol. The highest BCUT2D eigenvalue weighted by Crippen LogP contribution is 2.34. The standard InChI is InChI=1S/C19H14Cl2N2O4S/c1-27-15-5-3-2-4-14(15)22-17(24)10-23-18(25)16(28-19(23)26)8-11-6-7-12(20)9-13(11)21/h2-9H,10H2,1H3,(H,22,24)/b16-8-. The molecule has 1 N–H and O–H groups in total. The topological polar surface area (TPSA) is 75.7 Å². The number of imide groups is 1. The molecule has 3 rings (SSSR count). The minimum absolute atomic E-state index is 0.180. The Morgan fingerprint density at radius 1 is 1.21 bits per heavy atom. The van der Waals surface area contributed by atoms with Crippen molar-refractivity contribution in [2.24, 2.45) is 0 Å². The van der Waals surface area contributed by atoms with Gasteiger partial charge in [0, 0.05) is 10.0 Å². The lowest BCUT2D eigenvalue weighted by atomic mass is 10.2. The molecule has 2 aromatic carbocycles. The molecular weight excluding hydrogens is 423 g/mol. The summed E-state index contributed by atoms with van der Waals surface area (Å²) in [4.78, 5) is 38.1. The fourth-order valence-electron chi connectivity index (χ4n) is 2.48. The Labute approximate surface area is 175 Å². The van der Waals surface area contributed by atoms with Gasteiger partial charge in [-0.1, -0.05) is 41.4 Å². The van der Waals surface area contributed by atoms with E-state index in [-0.39, 0.29) is 4.91 Å². The zero-order valence-corrected chi connectivity index (χ0v) is 16.9. The third-order valence-corrected chi connectivity index (χ3v) is 5.28. The number of nitrogens with one attached hydrogen (secondary N) is 1. The number of methoxy groups -OCH3 is 1. The summed E-state index contributed by atoms with van der Waals surface area (Å²) in [6.07, 6.45) is 1.50. The van der Waals surface area contributed by atoms with Gasteiger partial charge in [-0.25, -0.2) is 0 Å². The van der Waals surface area contributed by atoms with Gasteiger partial charge in [-0.2, -0.15) is 0 Å². The van der Waals surface area contributed by atoms with Crippen molar-refractivity contribution in [1.82, 2.24) is 4.90 Å². The van der Waals surface area contributed by atoms with Crippen LogP contribution in [-0.4, -0.2) is 35.6 Å². The largest absolute Gasteiger partial charge is 0.495 e. The lowest BCUT2D eigenvalue weighted by molar-refractivity contribution is -0.127. The quantitative estimate of drug-likeness (QED) is 0.688. The van der Waals surface area contributed by atoms with Crippen LogP contribution in [0.5, 0.6) is 5.75 Å². The normalized spacial score (nSPS) is 15.2. The molecule has 0 bridgehead atoms. The molecule has 3 amide bonds. The van der Waals surface area contributed by atoms with Crippen LogP contribution in [0.3, 0.4) is 0 Å². The van der Waals surface area contributed by atoms with E-state index >= 15 is 0 Å². The highest BCUT2D eigenvalue weighted by atomic mass is 35.5. The predicted molar refractivity (Wildman–Crippen MR) is 111 cm³/mol. The van der Waals surface area contributed by atoms with Crippen molar-refractivity contribution in [3.05, 3.63) is 63.0 Å². The number of hydrogen-bond donors (Lipinski definition) is 1. The Balaban J connectivity index is 1.73. The van der Waals surface area contributed by atoms with Crippen LogP contribution in [0.15, 0.2) is 47.4 Å². The summed E-state index contributed by atoms with van der Waals surface area (Å²) < 4.78 is 5.16. The van der Waals surface area contributed by atoms with Gasteiger partial charge < -0.3 is 10.1 Å². The smallest absolute Gasteiger partial charge is 0.294 e. The van der Waals surface area contributed by atoms with Crippen molar-refractivity contribution in [3.63, 3.8) is 0 Å². The molecule has 0 spiro atoms. The number of anilines is 1. The molecule has 0 radical (unpaired) electrons. The van der Waals surface area contributed by atoms with Crippen LogP contribution in [-0.2, 0) is 9.59 Å². The van der Waals surface area contributed by atoms with E-state index in [1.807, 2.05) is 0 Å². The van der Waals surface area contributed by atoms with E-state index in [0.717, 1.165) is 16.7 Å². The summed E-state index contributed by atoms with van der Waals surface area (Å²) >= 11 is 12.7. The molecule has 0 atom stereocenters. The number of nitrogens with zero attached hydrogens (tertiary/aromatic N) is 1. The molecule has 0 aromatic heterocycles. The maximum absolute atomic E-state index is 12.6. The van der Waals surface area contributed by atoms with Crippen LogP contribution in [0.1, 0.15) is 5.56 Å². The Bertz CT molecular complexity index is 994. The second-order valence-electron chi connectivity index (χ2n) is 5.68. The summed E-state index contributed by atoms with van der Waals surface area (Å²) in [6.45, 7) is -0.408. The summed E-state index contributed by atoms with van der Waals surface area (Å²) in [5.74, 6) is -0.601. The molecule has 144 valence electrons. The molecule has 1 aliphatic heterocycles. The summed E-state index contributed by atoms with van der Waals surface area (Å²) in [7, 11) is 1.48. The van der Waals surface area contributed by atoms with Crippen LogP contribution in [0.2, 0.25) is 10.0 Å². The Morgan fingerprint density at radius 2 is 1.96 bits per heavy atom. The predicted octanol–water partition coefficient (Wildman–Crippen LogP) is 4.68. The van der Waals surface area contributed by atoms with E-state index < -0.39 is 23.6 Å². The van der Waals surface area contributed by atoms with Crippen molar-refractivity contribution in [1.29, 1.82) is 0 Å². The Hall–Kier alpha value is -2.48. The van der Waals surface area contributed by atoms with E-state index in [1.54, 1.807) is 42.5 Å². The van der Waals surface area contributed by atoms with Crippen LogP contribution >= 0.6 is 35.0 Å². The molecule has 0 saturated carbocycles. The number of hydrogen-bond acceptors (Lipinski definition) is 5. The minimum Gasteiger partial charge on any atom is -0.495 e. The second kappa shape index (κ2) is 8.68. The maximum Gasteiger partial charge on any atom is 0.294 e. The first-order valence-corrected chi connectivity index (χ1v) is 9.59. The average Bonchev–Trinajstić information content (AvgIpc) is 2.92. The van der Waals surface area contributed by atoms with Gasteiger partial charge >= 0.3 is 0 Å². The Kier molecular flexibility index (Phi) is 6.28. The molecular formula is C19H14Cl2N2O4S. The van der Waals surface area contributed by atoms with Gasteiger partial charge in [0.2, 0.25) is 5.91 Å². The van der Waals surface area contributed by atoms with Crippen molar-refractivity contribution in [2.45, 2.75) is 0 Å². The molecule has 28 heavy (non-hydrogen) atoms. The number of amides is 3. The molecule has 1 saturated heterocycles. The highest BCUT2D eigenvalue weighted by molar-refractivity contribution is 8.18. The molecule has 1 heterocycles. The fraction of sp³-hybridized carbons (Fsp3) is 0.105. The maximum atomic E-state index is 12.6. The van der Waals surface area contributed by atoms with Crippen molar-refractivity contribution < 1.29 is 19.1 Å². The molecule has 1 aliphatic rings. The van der Waals surface area contributed by atoms with Crippen molar-refractivity contribution >= 4 is 63.8 Å². The van der Waals surface area contributed by atoms with Crippen LogP contribution < -0.4 is 10.1 Å². The zero-order chi connectivity index (χ0) is 20.3. The number of rotatable bonds is 5. The summed E-state index contributed by atoms with van der Waals surface area (Å²) in [6, 6.07) is 11.7. The number of carbonyl (C=O) groups excluding carboxylic acids is 3. The molecule has 6 nitrogen and oxygen atoms in total. The number of ether oxygens (including phenoxy) is 1. The van der Waals surface area contributed by atoms with Crippen molar-refractivity contribution in [2.75, 3.05) is 19.0 Å². The lowest BCUT2D eigenvalue weighted by Gasteiger charge is -2.14. The minimum atomic E-state index is -0.559. The van der Waals surface area contributed by atoms with Gasteiger partial charge in [0.05, 0.1) is 17.7 Å². The second-order valence-corrected chi connectivity index (χ2v) is 7.52. The number of thioether (sulfide) groups is 1. The zero-order valence-electron chi connectivity index (χ0n) is 14.6. The molecule has 2 aromatic rings. The molecule has 0 unspecified atom stereocenters. The third kappa shape index (κ3) is 4.49. The van der Waals surface area contributed by atoms with E-state index in [4.69, 9.17) is 27.9 Å². The van der Waals surface area contributed by atoms with E-state index in [2.05, 4.69) is 5.32 Å². The number of benzene rings is 2. The first-order chi connectivity index (χ1) is 13.4. The van der Waals surface area contributed by atoms with E-state index in [1.165, 1.54) is 13.2 Å². The average molecular weight is 437 g/mol. The molecule has 0 aliphatic carbocycles. The van der Waals surface area contributed by atoms with Gasteiger partial charge in [-0.05, 0) is 47.7 Å². The number of halogens is 2. The van der Waals surface area contributed by atoms with Crippen LogP contribution in [0.4, 0.5) is 10.5 Å². The van der Waals surface area contributed by atoms with Gasteiger partial charge in [-0.3, -0.25) is 19.3 Å². The molecule has 1 fully saturated rings. The van der Waals surface area contributed by atoms with Crippen LogP contribution in [0.25, 0.3) is 6.08 Å². The number of para-hydroxylation sites is 2. The Morgan fingerprint density at radius 3 is 2.68 bits per heavy atom. The SMILES string of the molecule is COc1ccccc1NC(=O)CN1C(=O)S/C(=C\c2ccc(Cl)cc2Cl)C1=O. The van der Waals surface area contributed by atoms with Crippen LogP contribution in [0, 0.1) is 0 Å². The first-order valence-electron chi connectivity index (χ1n) is 8.02. The van der Waals surface area contributed by atoms with Crippen molar-refractivity contribution in [3.8, 4) is 5.75 Å². The fourth-order valence-corrected chi connectivity index (χ4v) is 3.77. The lowest BCUT2D eigenvalue weighted by Crippen LogP contribution is -2.36. The number of carbonyl (C=O) groups is 3. The van der Waals surface area contributed by atoms with Gasteiger partial charge in [0.15, 0.2) is 0 Å². The molecule has 9 heteroatoms. The first kappa shape index (κ1) is 20.3. The summed E-state index contributed by atoms with van der Waals surface area (Å²) in [5.41, 5.74) is 1.00. The van der Waals surface area contributed by atoms with E-state index in [9.17, 15) is 14.4 Å². The highest BCUT2D eigenvalue weighted by Gasteiger charge is 2.36. The van der Waals surface area contributed by atoms with Gasteiger partial charge in [0.1, 0.15) is 12.3 Å².